The number of nitrogens with zero attached hydrogens (tertiary/aromatic N) is 2. The third kappa shape index (κ3) is 2.50. The topological polar surface area (TPSA) is 42.1 Å². The minimum Gasteiger partial charge on any atom is -0.327 e. The van der Waals surface area contributed by atoms with E-state index in [-0.39, 0.29) is 0 Å². The monoisotopic (exact) mass is 271 g/mol. The van der Waals surface area contributed by atoms with Gasteiger partial charge in [-0.1, -0.05) is 18.0 Å². The molecule has 17 heavy (non-hydrogen) atoms. The van der Waals surface area contributed by atoms with Crippen molar-refractivity contribution in [2.75, 3.05) is 13.1 Å². The Balaban J connectivity index is 1.63. The van der Waals surface area contributed by atoms with E-state index >= 15 is 0 Å². The maximum absolute atomic E-state index is 6.22. The number of hydrogen-bond acceptors (Lipinski definition) is 4. The van der Waals surface area contributed by atoms with Crippen LogP contribution in [0.5, 0.6) is 0 Å². The standard InChI is InChI=1S/C12H18ClN3S/c13-12-15-4-9(17-12)6-16-5-8-2-1-3-11(14)10(8)7-16/h4,8,10-11H,1-3,5-7,14H2. The van der Waals surface area contributed by atoms with E-state index in [1.54, 1.807) is 11.3 Å². The molecule has 3 nitrogen and oxygen atoms in total. The van der Waals surface area contributed by atoms with Crippen LogP contribution in [0.1, 0.15) is 24.1 Å². The molecule has 2 fully saturated rings. The van der Waals surface area contributed by atoms with E-state index in [0.717, 1.165) is 19.0 Å². The van der Waals surface area contributed by atoms with Crippen molar-refractivity contribution in [3.63, 3.8) is 0 Å². The molecule has 0 spiro atoms. The van der Waals surface area contributed by atoms with Crippen molar-refractivity contribution in [1.29, 1.82) is 0 Å². The van der Waals surface area contributed by atoms with Gasteiger partial charge in [-0.25, -0.2) is 4.98 Å². The first kappa shape index (κ1) is 11.9. The molecule has 3 unspecified atom stereocenters. The Morgan fingerprint density at radius 2 is 2.35 bits per heavy atom. The molecule has 0 amide bonds. The lowest BCUT2D eigenvalue weighted by Gasteiger charge is -2.29. The van der Waals surface area contributed by atoms with Gasteiger partial charge in [-0.3, -0.25) is 4.90 Å². The number of halogens is 1. The molecule has 0 bridgehead atoms. The summed E-state index contributed by atoms with van der Waals surface area (Å²) in [5.41, 5.74) is 6.22. The van der Waals surface area contributed by atoms with Gasteiger partial charge in [0.05, 0.1) is 0 Å². The first-order valence-electron chi connectivity index (χ1n) is 6.30. The molecule has 1 aromatic rings. The van der Waals surface area contributed by atoms with Crippen molar-refractivity contribution in [2.24, 2.45) is 17.6 Å². The van der Waals surface area contributed by atoms with Crippen LogP contribution in [-0.4, -0.2) is 29.0 Å². The van der Waals surface area contributed by atoms with Gasteiger partial charge in [0.25, 0.3) is 0 Å². The van der Waals surface area contributed by atoms with E-state index in [4.69, 9.17) is 17.3 Å². The predicted molar refractivity (Wildman–Crippen MR) is 71.2 cm³/mol. The minimum absolute atomic E-state index is 0.420. The van der Waals surface area contributed by atoms with Crippen LogP contribution in [0.25, 0.3) is 0 Å². The maximum atomic E-state index is 6.22. The average Bonchev–Trinajstić information content (AvgIpc) is 2.86. The van der Waals surface area contributed by atoms with Gasteiger partial charge in [0.2, 0.25) is 0 Å². The van der Waals surface area contributed by atoms with Crippen LogP contribution in [0.3, 0.4) is 0 Å². The number of hydrogen-bond donors (Lipinski definition) is 1. The summed E-state index contributed by atoms with van der Waals surface area (Å²) in [6, 6.07) is 0.420. The maximum Gasteiger partial charge on any atom is 0.183 e. The molecular formula is C12H18ClN3S. The van der Waals surface area contributed by atoms with Gasteiger partial charge in [-0.15, -0.1) is 11.3 Å². The molecule has 1 aromatic heterocycles. The fourth-order valence-electron chi connectivity index (χ4n) is 3.32. The third-order valence-corrected chi connectivity index (χ3v) is 5.23. The molecule has 1 saturated heterocycles. The highest BCUT2D eigenvalue weighted by Gasteiger charge is 2.38. The summed E-state index contributed by atoms with van der Waals surface area (Å²) in [6.07, 6.45) is 5.77. The van der Waals surface area contributed by atoms with Gasteiger partial charge in [-0.05, 0) is 24.7 Å². The Morgan fingerprint density at radius 1 is 1.47 bits per heavy atom. The highest BCUT2D eigenvalue weighted by atomic mass is 35.5. The second-order valence-corrected chi connectivity index (χ2v) is 6.99. The zero-order valence-corrected chi connectivity index (χ0v) is 11.4. The highest BCUT2D eigenvalue weighted by Crippen LogP contribution is 2.36. The molecule has 2 aliphatic rings. The van der Waals surface area contributed by atoms with Crippen LogP contribution in [-0.2, 0) is 6.54 Å². The van der Waals surface area contributed by atoms with Gasteiger partial charge in [-0.2, -0.15) is 0 Å². The zero-order chi connectivity index (χ0) is 11.8. The summed E-state index contributed by atoms with van der Waals surface area (Å²) in [5, 5.41) is 0. The molecule has 3 atom stereocenters. The molecule has 0 aromatic carbocycles. The Bertz CT molecular complexity index is 395. The van der Waals surface area contributed by atoms with Crippen molar-refractivity contribution in [2.45, 2.75) is 31.8 Å². The summed E-state index contributed by atoms with van der Waals surface area (Å²) in [5.74, 6) is 1.54. The normalized spacial score (nSPS) is 33.9. The Hall–Kier alpha value is -0.160. The van der Waals surface area contributed by atoms with Crippen molar-refractivity contribution in [1.82, 2.24) is 9.88 Å². The average molecular weight is 272 g/mol. The Kier molecular flexibility index (Phi) is 3.39. The minimum atomic E-state index is 0.420. The molecule has 94 valence electrons. The van der Waals surface area contributed by atoms with Gasteiger partial charge >= 0.3 is 0 Å². The quantitative estimate of drug-likeness (QED) is 0.898. The first-order chi connectivity index (χ1) is 8.22. The lowest BCUT2D eigenvalue weighted by molar-refractivity contribution is 0.259. The van der Waals surface area contributed by atoms with E-state index in [1.807, 2.05) is 6.20 Å². The van der Waals surface area contributed by atoms with Crippen LogP contribution < -0.4 is 5.73 Å². The highest BCUT2D eigenvalue weighted by molar-refractivity contribution is 7.15. The number of thiazole rings is 1. The molecule has 0 radical (unpaired) electrons. The first-order valence-corrected chi connectivity index (χ1v) is 7.50. The van der Waals surface area contributed by atoms with Crippen molar-refractivity contribution in [3.05, 3.63) is 15.5 Å². The number of nitrogens with two attached hydrogens (primary N) is 1. The van der Waals surface area contributed by atoms with E-state index in [0.29, 0.717) is 16.4 Å². The molecule has 2 heterocycles. The molecule has 5 heteroatoms. The molecule has 1 saturated carbocycles. The Labute approximate surface area is 111 Å². The summed E-state index contributed by atoms with van der Waals surface area (Å²) in [7, 11) is 0. The lowest BCUT2D eigenvalue weighted by Crippen LogP contribution is -2.38. The lowest BCUT2D eigenvalue weighted by atomic mass is 9.78. The molecule has 1 aliphatic heterocycles. The van der Waals surface area contributed by atoms with E-state index in [9.17, 15) is 0 Å². The van der Waals surface area contributed by atoms with E-state index in [1.165, 1.54) is 30.7 Å². The number of likely N-dealkylation sites (tertiary alicyclic amines) is 1. The van der Waals surface area contributed by atoms with Crippen LogP contribution in [0.4, 0.5) is 0 Å². The summed E-state index contributed by atoms with van der Waals surface area (Å²) >= 11 is 7.45. The number of fused-ring (bicyclic) bond motifs is 1. The smallest absolute Gasteiger partial charge is 0.183 e. The van der Waals surface area contributed by atoms with Gasteiger partial charge in [0.1, 0.15) is 0 Å². The number of rotatable bonds is 2. The van der Waals surface area contributed by atoms with Crippen molar-refractivity contribution in [3.8, 4) is 0 Å². The molecular weight excluding hydrogens is 254 g/mol. The van der Waals surface area contributed by atoms with Crippen LogP contribution in [0, 0.1) is 11.8 Å². The predicted octanol–water partition coefficient (Wildman–Crippen LogP) is 2.36. The summed E-state index contributed by atoms with van der Waals surface area (Å²) in [4.78, 5) is 7.88. The number of aromatic nitrogens is 1. The summed E-state index contributed by atoms with van der Waals surface area (Å²) < 4.78 is 0.647. The van der Waals surface area contributed by atoms with Crippen LogP contribution in [0.15, 0.2) is 6.20 Å². The van der Waals surface area contributed by atoms with Crippen LogP contribution >= 0.6 is 22.9 Å². The van der Waals surface area contributed by atoms with Gasteiger partial charge < -0.3 is 5.73 Å². The largest absolute Gasteiger partial charge is 0.327 e. The van der Waals surface area contributed by atoms with E-state index in [2.05, 4.69) is 9.88 Å². The van der Waals surface area contributed by atoms with E-state index < -0.39 is 0 Å². The molecule has 3 rings (SSSR count). The fraction of sp³-hybridized carbons (Fsp3) is 0.750. The summed E-state index contributed by atoms with van der Waals surface area (Å²) in [6.45, 7) is 3.35. The molecule has 1 aliphatic carbocycles. The van der Waals surface area contributed by atoms with Crippen LogP contribution in [0.2, 0.25) is 4.47 Å². The molecule has 2 N–H and O–H groups in total. The van der Waals surface area contributed by atoms with Crippen molar-refractivity contribution >= 4 is 22.9 Å². The van der Waals surface area contributed by atoms with Gasteiger partial charge in [0.15, 0.2) is 4.47 Å². The Morgan fingerprint density at radius 3 is 3.06 bits per heavy atom. The second-order valence-electron chi connectivity index (χ2n) is 5.29. The van der Waals surface area contributed by atoms with Crippen molar-refractivity contribution < 1.29 is 0 Å². The fourth-order valence-corrected chi connectivity index (χ4v) is 4.34. The second kappa shape index (κ2) is 4.84. The SMILES string of the molecule is NC1CCCC2CN(Cc3cnc(Cl)s3)CC12. The van der Waals surface area contributed by atoms with Gasteiger partial charge in [0, 0.05) is 36.8 Å². The third-order valence-electron chi connectivity index (χ3n) is 4.13. The zero-order valence-electron chi connectivity index (χ0n) is 9.81.